The summed E-state index contributed by atoms with van der Waals surface area (Å²) >= 11 is 0. The molecule has 116 valence electrons. The molecule has 2 rings (SSSR count). The molecule has 0 aromatic heterocycles. The van der Waals surface area contributed by atoms with Crippen LogP contribution in [-0.4, -0.2) is 54.7 Å². The SMILES string of the molecule is CN(CCNC(=O)[C@H]1C[C@H](O)CN1)Cc1ccc(F)cc1. The minimum absolute atomic E-state index is 0.0678. The van der Waals surface area contributed by atoms with Crippen LogP contribution in [0.1, 0.15) is 12.0 Å². The lowest BCUT2D eigenvalue weighted by atomic mass is 10.2. The smallest absolute Gasteiger partial charge is 0.237 e. The number of hydrogen-bond acceptors (Lipinski definition) is 4. The first-order valence-electron chi connectivity index (χ1n) is 7.17. The maximum atomic E-state index is 12.8. The molecule has 0 saturated carbocycles. The molecule has 1 aliphatic heterocycles. The molecule has 2 atom stereocenters. The summed E-state index contributed by atoms with van der Waals surface area (Å²) in [5.74, 6) is -0.304. The van der Waals surface area contributed by atoms with Crippen LogP contribution in [0.5, 0.6) is 0 Å². The Morgan fingerprint density at radius 1 is 1.48 bits per heavy atom. The Kier molecular flexibility index (Phi) is 5.67. The summed E-state index contributed by atoms with van der Waals surface area (Å²) < 4.78 is 12.8. The van der Waals surface area contributed by atoms with Crippen molar-refractivity contribution in [2.75, 3.05) is 26.7 Å². The number of nitrogens with one attached hydrogen (secondary N) is 2. The van der Waals surface area contributed by atoms with E-state index in [0.717, 1.165) is 5.56 Å². The van der Waals surface area contributed by atoms with Gasteiger partial charge < -0.3 is 20.6 Å². The van der Waals surface area contributed by atoms with E-state index >= 15 is 0 Å². The quantitative estimate of drug-likeness (QED) is 0.696. The average molecular weight is 295 g/mol. The first-order valence-corrected chi connectivity index (χ1v) is 7.17. The summed E-state index contributed by atoms with van der Waals surface area (Å²) in [5.41, 5.74) is 1.03. The molecule has 1 aromatic carbocycles. The highest BCUT2D eigenvalue weighted by Gasteiger charge is 2.27. The zero-order valence-electron chi connectivity index (χ0n) is 12.2. The maximum absolute atomic E-state index is 12.8. The lowest BCUT2D eigenvalue weighted by Gasteiger charge is -2.18. The van der Waals surface area contributed by atoms with Gasteiger partial charge in [0.15, 0.2) is 0 Å². The van der Waals surface area contributed by atoms with Gasteiger partial charge in [-0.15, -0.1) is 0 Å². The van der Waals surface area contributed by atoms with Gasteiger partial charge in [-0.25, -0.2) is 4.39 Å². The first-order chi connectivity index (χ1) is 10.0. The monoisotopic (exact) mass is 295 g/mol. The fraction of sp³-hybridized carbons (Fsp3) is 0.533. The van der Waals surface area contributed by atoms with E-state index in [1.807, 2.05) is 7.05 Å². The standard InChI is InChI=1S/C15H22FN3O2/c1-19(10-11-2-4-12(16)5-3-11)7-6-17-15(21)14-8-13(20)9-18-14/h2-5,13-14,18,20H,6-10H2,1H3,(H,17,21)/t13-,14+/m0/s1. The molecule has 21 heavy (non-hydrogen) atoms. The highest BCUT2D eigenvalue weighted by atomic mass is 19.1. The predicted molar refractivity (Wildman–Crippen MR) is 78.2 cm³/mol. The number of aliphatic hydroxyl groups excluding tert-OH is 1. The van der Waals surface area contributed by atoms with Crippen molar-refractivity contribution in [3.05, 3.63) is 35.6 Å². The normalized spacial score (nSPS) is 21.7. The minimum atomic E-state index is -0.429. The van der Waals surface area contributed by atoms with Crippen LogP contribution in [0.3, 0.4) is 0 Å². The predicted octanol–water partition coefficient (Wildman–Crippen LogP) is 0.0965. The van der Waals surface area contributed by atoms with Crippen molar-refractivity contribution in [3.63, 3.8) is 0 Å². The maximum Gasteiger partial charge on any atom is 0.237 e. The van der Waals surface area contributed by atoms with Crippen molar-refractivity contribution in [2.45, 2.75) is 25.1 Å². The van der Waals surface area contributed by atoms with Gasteiger partial charge in [0.1, 0.15) is 5.82 Å². The molecule has 0 aliphatic carbocycles. The van der Waals surface area contributed by atoms with Crippen LogP contribution < -0.4 is 10.6 Å². The van der Waals surface area contributed by atoms with Crippen LogP contribution in [0, 0.1) is 5.82 Å². The average Bonchev–Trinajstić information content (AvgIpc) is 2.88. The molecule has 0 radical (unpaired) electrons. The summed E-state index contributed by atoms with van der Waals surface area (Å²) in [4.78, 5) is 13.9. The number of nitrogens with zero attached hydrogens (tertiary/aromatic N) is 1. The van der Waals surface area contributed by atoms with Crippen LogP contribution in [0.25, 0.3) is 0 Å². The number of carbonyl (C=O) groups is 1. The minimum Gasteiger partial charge on any atom is -0.392 e. The lowest BCUT2D eigenvalue weighted by molar-refractivity contribution is -0.122. The van der Waals surface area contributed by atoms with Gasteiger partial charge in [0.2, 0.25) is 5.91 Å². The second kappa shape index (κ2) is 7.49. The number of rotatable bonds is 6. The highest BCUT2D eigenvalue weighted by molar-refractivity contribution is 5.82. The molecule has 6 heteroatoms. The summed E-state index contributed by atoms with van der Waals surface area (Å²) in [7, 11) is 1.95. The summed E-state index contributed by atoms with van der Waals surface area (Å²) in [6.45, 7) is 2.43. The van der Waals surface area contributed by atoms with Gasteiger partial charge in [0.25, 0.3) is 0 Å². The zero-order chi connectivity index (χ0) is 15.2. The molecule has 3 N–H and O–H groups in total. The van der Waals surface area contributed by atoms with Crippen molar-refractivity contribution in [1.82, 2.24) is 15.5 Å². The van der Waals surface area contributed by atoms with E-state index in [0.29, 0.717) is 32.6 Å². The molecule has 1 heterocycles. The molecule has 1 fully saturated rings. The zero-order valence-corrected chi connectivity index (χ0v) is 12.2. The van der Waals surface area contributed by atoms with Gasteiger partial charge in [-0.1, -0.05) is 12.1 Å². The molecule has 0 unspecified atom stereocenters. The molecule has 1 amide bonds. The molecule has 1 aromatic rings. The molecule has 0 spiro atoms. The second-order valence-electron chi connectivity index (χ2n) is 5.51. The fourth-order valence-corrected chi connectivity index (χ4v) is 2.39. The van der Waals surface area contributed by atoms with Crippen LogP contribution in [-0.2, 0) is 11.3 Å². The van der Waals surface area contributed by atoms with Crippen LogP contribution in [0.4, 0.5) is 4.39 Å². The van der Waals surface area contributed by atoms with E-state index in [4.69, 9.17) is 0 Å². The number of likely N-dealkylation sites (N-methyl/N-ethyl adjacent to an activating group) is 1. The van der Waals surface area contributed by atoms with Gasteiger partial charge in [-0.05, 0) is 31.2 Å². The van der Waals surface area contributed by atoms with Gasteiger partial charge >= 0.3 is 0 Å². The van der Waals surface area contributed by atoms with E-state index in [2.05, 4.69) is 15.5 Å². The number of aliphatic hydroxyl groups is 1. The van der Waals surface area contributed by atoms with E-state index in [-0.39, 0.29) is 17.8 Å². The Labute approximate surface area is 124 Å². The topological polar surface area (TPSA) is 64.6 Å². The van der Waals surface area contributed by atoms with E-state index in [9.17, 15) is 14.3 Å². The lowest BCUT2D eigenvalue weighted by Crippen LogP contribution is -2.42. The Morgan fingerprint density at radius 3 is 2.81 bits per heavy atom. The van der Waals surface area contributed by atoms with Crippen molar-refractivity contribution >= 4 is 5.91 Å². The van der Waals surface area contributed by atoms with Crippen molar-refractivity contribution < 1.29 is 14.3 Å². The number of amides is 1. The van der Waals surface area contributed by atoms with Crippen LogP contribution in [0.2, 0.25) is 0 Å². The van der Waals surface area contributed by atoms with Gasteiger partial charge in [-0.2, -0.15) is 0 Å². The second-order valence-corrected chi connectivity index (χ2v) is 5.51. The largest absolute Gasteiger partial charge is 0.392 e. The van der Waals surface area contributed by atoms with Gasteiger partial charge in [0.05, 0.1) is 12.1 Å². The third-order valence-corrected chi connectivity index (χ3v) is 3.58. The third-order valence-electron chi connectivity index (χ3n) is 3.58. The fourth-order valence-electron chi connectivity index (χ4n) is 2.39. The van der Waals surface area contributed by atoms with Gasteiger partial charge in [0, 0.05) is 26.2 Å². The highest BCUT2D eigenvalue weighted by Crippen LogP contribution is 2.06. The number of benzene rings is 1. The van der Waals surface area contributed by atoms with E-state index in [1.54, 1.807) is 12.1 Å². The van der Waals surface area contributed by atoms with Crippen LogP contribution >= 0.6 is 0 Å². The Balaban J connectivity index is 1.66. The van der Waals surface area contributed by atoms with E-state index in [1.165, 1.54) is 12.1 Å². The molecular formula is C15H22FN3O2. The van der Waals surface area contributed by atoms with E-state index < -0.39 is 6.10 Å². The van der Waals surface area contributed by atoms with Crippen molar-refractivity contribution in [1.29, 1.82) is 0 Å². The summed E-state index contributed by atoms with van der Waals surface area (Å²) in [6, 6.07) is 6.12. The third kappa shape index (κ3) is 5.08. The van der Waals surface area contributed by atoms with Gasteiger partial charge in [-0.3, -0.25) is 4.79 Å². The summed E-state index contributed by atoms with van der Waals surface area (Å²) in [5, 5.41) is 15.2. The molecule has 0 bridgehead atoms. The number of β-amino-alcohol motifs (C(OH)–C–C–N with tert-alkyl or cyclic N) is 1. The molecular weight excluding hydrogens is 273 g/mol. The van der Waals surface area contributed by atoms with Crippen molar-refractivity contribution in [3.8, 4) is 0 Å². The van der Waals surface area contributed by atoms with Crippen LogP contribution in [0.15, 0.2) is 24.3 Å². The Hall–Kier alpha value is -1.50. The Morgan fingerprint density at radius 2 is 2.19 bits per heavy atom. The number of carbonyl (C=O) groups excluding carboxylic acids is 1. The molecule has 1 aliphatic rings. The molecule has 1 saturated heterocycles. The Bertz CT molecular complexity index is 466. The first kappa shape index (κ1) is 15.9. The van der Waals surface area contributed by atoms with Crippen molar-refractivity contribution in [2.24, 2.45) is 0 Å². The number of halogens is 1. The number of hydrogen-bond donors (Lipinski definition) is 3. The summed E-state index contributed by atoms with van der Waals surface area (Å²) in [6.07, 6.45) is 0.0407. The molecule has 5 nitrogen and oxygen atoms in total.